The third-order valence-electron chi connectivity index (χ3n) is 7.28. The SMILES string of the molecule is O=C(Nc1ccccc1)c1cnc2[nH]cnc2c1N[C@H]1C2CC3CC1C[C@@](O)(C3)C2. The molecule has 1 amide bonds. The van der Waals surface area contributed by atoms with Crippen LogP contribution < -0.4 is 10.6 Å². The quantitative estimate of drug-likeness (QED) is 0.533. The summed E-state index contributed by atoms with van der Waals surface area (Å²) in [7, 11) is 0. The highest BCUT2D eigenvalue weighted by atomic mass is 16.3. The molecular weight excluding hydrogens is 378 g/mol. The van der Waals surface area contributed by atoms with E-state index in [2.05, 4.69) is 25.6 Å². The van der Waals surface area contributed by atoms with Gasteiger partial charge in [-0.1, -0.05) is 18.2 Å². The van der Waals surface area contributed by atoms with Gasteiger partial charge in [0.25, 0.3) is 5.91 Å². The highest BCUT2D eigenvalue weighted by Gasteiger charge is 2.54. The zero-order chi connectivity index (χ0) is 20.3. The van der Waals surface area contributed by atoms with Crippen LogP contribution in [0.5, 0.6) is 0 Å². The molecule has 1 aromatic carbocycles. The first-order chi connectivity index (χ1) is 14.6. The normalized spacial score (nSPS) is 31.8. The van der Waals surface area contributed by atoms with Crippen molar-refractivity contribution in [3.05, 3.63) is 48.4 Å². The predicted octanol–water partition coefficient (Wildman–Crippen LogP) is 3.56. The number of imidazole rings is 1. The van der Waals surface area contributed by atoms with Crippen LogP contribution in [0.15, 0.2) is 42.9 Å². The molecule has 4 N–H and O–H groups in total. The maximum Gasteiger partial charge on any atom is 0.259 e. The molecule has 4 bridgehead atoms. The first-order valence-electron chi connectivity index (χ1n) is 10.8. The molecule has 2 aromatic heterocycles. The number of amides is 1. The fourth-order valence-corrected chi connectivity index (χ4v) is 6.31. The number of para-hydroxylation sites is 1. The third kappa shape index (κ3) is 2.88. The van der Waals surface area contributed by atoms with Crippen molar-refractivity contribution in [2.45, 2.75) is 43.7 Å². The Morgan fingerprint density at radius 1 is 1.10 bits per heavy atom. The molecule has 30 heavy (non-hydrogen) atoms. The monoisotopic (exact) mass is 403 g/mol. The lowest BCUT2D eigenvalue weighted by Gasteiger charge is -2.58. The fourth-order valence-electron chi connectivity index (χ4n) is 6.31. The van der Waals surface area contributed by atoms with E-state index in [9.17, 15) is 9.90 Å². The molecular formula is C23H25N5O2. The van der Waals surface area contributed by atoms with Crippen molar-refractivity contribution >= 4 is 28.4 Å². The number of carbonyl (C=O) groups excluding carboxylic acids is 1. The van der Waals surface area contributed by atoms with Crippen LogP contribution in [0.4, 0.5) is 11.4 Å². The number of rotatable bonds is 4. The summed E-state index contributed by atoms with van der Waals surface area (Å²) in [5.41, 5.74) is 2.83. The van der Waals surface area contributed by atoms with E-state index in [-0.39, 0.29) is 11.9 Å². The van der Waals surface area contributed by atoms with Gasteiger partial charge >= 0.3 is 0 Å². The minimum Gasteiger partial charge on any atom is -0.390 e. The van der Waals surface area contributed by atoms with E-state index in [1.54, 1.807) is 12.5 Å². The lowest BCUT2D eigenvalue weighted by molar-refractivity contribution is -0.129. The Hall–Kier alpha value is -2.93. The zero-order valence-corrected chi connectivity index (χ0v) is 16.6. The Balaban J connectivity index is 1.35. The maximum absolute atomic E-state index is 13.1. The third-order valence-corrected chi connectivity index (χ3v) is 7.28. The van der Waals surface area contributed by atoms with Crippen molar-refractivity contribution in [2.75, 3.05) is 10.6 Å². The van der Waals surface area contributed by atoms with Crippen molar-refractivity contribution in [1.82, 2.24) is 15.0 Å². The lowest BCUT2D eigenvalue weighted by Crippen LogP contribution is -2.59. The van der Waals surface area contributed by atoms with Crippen LogP contribution in [0.1, 0.15) is 42.5 Å². The molecule has 7 heteroatoms. The largest absolute Gasteiger partial charge is 0.390 e. The number of hydrogen-bond donors (Lipinski definition) is 4. The van der Waals surface area contributed by atoms with Gasteiger partial charge < -0.3 is 20.7 Å². The number of nitrogens with zero attached hydrogens (tertiary/aromatic N) is 2. The van der Waals surface area contributed by atoms with E-state index >= 15 is 0 Å². The molecule has 4 aliphatic carbocycles. The zero-order valence-electron chi connectivity index (χ0n) is 16.6. The molecule has 0 spiro atoms. The molecule has 7 rings (SSSR count). The average molecular weight is 403 g/mol. The van der Waals surface area contributed by atoms with Gasteiger partial charge in [-0.25, -0.2) is 9.97 Å². The number of anilines is 2. The van der Waals surface area contributed by atoms with Gasteiger partial charge in [0.1, 0.15) is 5.52 Å². The maximum atomic E-state index is 13.1. The summed E-state index contributed by atoms with van der Waals surface area (Å²) < 4.78 is 0. The van der Waals surface area contributed by atoms with Crippen LogP contribution in [0.25, 0.3) is 11.2 Å². The van der Waals surface area contributed by atoms with Crippen molar-refractivity contribution in [1.29, 1.82) is 0 Å². The number of aromatic amines is 1. The number of aromatic nitrogens is 3. The van der Waals surface area contributed by atoms with Gasteiger partial charge in [0.2, 0.25) is 0 Å². The predicted molar refractivity (Wildman–Crippen MR) is 114 cm³/mol. The van der Waals surface area contributed by atoms with Crippen molar-refractivity contribution in [3.8, 4) is 0 Å². The number of pyridine rings is 1. The van der Waals surface area contributed by atoms with Crippen LogP contribution in [0.2, 0.25) is 0 Å². The minimum absolute atomic E-state index is 0.205. The molecule has 4 aliphatic rings. The molecule has 4 fully saturated rings. The van der Waals surface area contributed by atoms with Crippen LogP contribution in [-0.2, 0) is 0 Å². The summed E-state index contributed by atoms with van der Waals surface area (Å²) in [6.45, 7) is 0. The number of fused-ring (bicyclic) bond motifs is 1. The summed E-state index contributed by atoms with van der Waals surface area (Å²) in [6.07, 6.45) is 8.17. The summed E-state index contributed by atoms with van der Waals surface area (Å²) in [4.78, 5) is 25.0. The standard InChI is InChI=1S/C23H25N5O2/c29-22(27-16-4-2-1-3-5-16)17-11-24-21-20(25-12-26-21)19(17)28-18-14-6-13-7-15(18)10-23(30,8-13)9-14/h1-5,11-15,18,30H,6-10H2,(H,27,29)(H2,24,25,26,28)/t13?,14?,15?,18-,23+. The van der Waals surface area contributed by atoms with Gasteiger partial charge in [-0.2, -0.15) is 0 Å². The molecule has 7 nitrogen and oxygen atoms in total. The molecule has 2 heterocycles. The van der Waals surface area contributed by atoms with Gasteiger partial charge in [0, 0.05) is 17.9 Å². The van der Waals surface area contributed by atoms with E-state index in [1.165, 1.54) is 0 Å². The number of hydrogen-bond acceptors (Lipinski definition) is 5. The van der Waals surface area contributed by atoms with E-state index in [0.717, 1.165) is 43.5 Å². The first-order valence-corrected chi connectivity index (χ1v) is 10.8. The molecule has 2 atom stereocenters. The highest BCUT2D eigenvalue weighted by Crippen LogP contribution is 2.56. The van der Waals surface area contributed by atoms with Crippen molar-refractivity contribution in [2.24, 2.45) is 17.8 Å². The molecule has 4 saturated carbocycles. The van der Waals surface area contributed by atoms with Gasteiger partial charge in [0.05, 0.1) is 23.2 Å². The minimum atomic E-state index is -0.484. The number of H-pyrrole nitrogens is 1. The molecule has 0 saturated heterocycles. The second kappa shape index (κ2) is 6.54. The lowest BCUT2D eigenvalue weighted by atomic mass is 9.52. The Labute approximate surface area is 174 Å². The summed E-state index contributed by atoms with van der Waals surface area (Å²) in [6, 6.07) is 9.67. The number of benzene rings is 1. The number of aliphatic hydroxyl groups is 1. The topological polar surface area (TPSA) is 103 Å². The first kappa shape index (κ1) is 17.9. The number of carbonyl (C=O) groups is 1. The molecule has 0 radical (unpaired) electrons. The Morgan fingerprint density at radius 3 is 2.60 bits per heavy atom. The second-order valence-electron chi connectivity index (χ2n) is 9.33. The fraction of sp³-hybridized carbons (Fsp3) is 0.435. The Bertz CT molecular complexity index is 1100. The molecule has 154 valence electrons. The van der Waals surface area contributed by atoms with Gasteiger partial charge in [-0.3, -0.25) is 4.79 Å². The average Bonchev–Trinajstić information content (AvgIpc) is 3.19. The molecule has 0 aliphatic heterocycles. The summed E-state index contributed by atoms with van der Waals surface area (Å²) in [5, 5.41) is 17.6. The van der Waals surface area contributed by atoms with E-state index < -0.39 is 5.60 Å². The van der Waals surface area contributed by atoms with Crippen molar-refractivity contribution < 1.29 is 9.90 Å². The van der Waals surface area contributed by atoms with E-state index in [0.29, 0.717) is 34.5 Å². The van der Waals surface area contributed by atoms with Gasteiger partial charge in [-0.05, 0) is 62.0 Å². The highest BCUT2D eigenvalue weighted by molar-refractivity contribution is 6.11. The Morgan fingerprint density at radius 2 is 1.87 bits per heavy atom. The van der Waals surface area contributed by atoms with Gasteiger partial charge in [0.15, 0.2) is 5.65 Å². The van der Waals surface area contributed by atoms with Crippen molar-refractivity contribution in [3.63, 3.8) is 0 Å². The summed E-state index contributed by atoms with van der Waals surface area (Å²) >= 11 is 0. The van der Waals surface area contributed by atoms with Crippen LogP contribution in [0.3, 0.4) is 0 Å². The van der Waals surface area contributed by atoms with Crippen LogP contribution in [-0.4, -0.2) is 37.6 Å². The van der Waals surface area contributed by atoms with E-state index in [4.69, 9.17) is 0 Å². The van der Waals surface area contributed by atoms with Gasteiger partial charge in [-0.15, -0.1) is 0 Å². The van der Waals surface area contributed by atoms with Crippen LogP contribution in [0, 0.1) is 17.8 Å². The van der Waals surface area contributed by atoms with Crippen LogP contribution >= 0.6 is 0 Å². The summed E-state index contributed by atoms with van der Waals surface area (Å²) in [5.74, 6) is 1.28. The number of nitrogens with one attached hydrogen (secondary N) is 3. The molecule has 3 aromatic rings. The molecule has 2 unspecified atom stereocenters. The smallest absolute Gasteiger partial charge is 0.259 e. The second-order valence-corrected chi connectivity index (χ2v) is 9.33. The van der Waals surface area contributed by atoms with E-state index in [1.807, 2.05) is 30.3 Å². The Kier molecular flexibility index (Phi) is 3.90.